The molecule has 0 bridgehead atoms. The van der Waals surface area contributed by atoms with E-state index in [1.165, 1.54) is 11.6 Å². The smallest absolute Gasteiger partial charge is 0.141 e. The van der Waals surface area contributed by atoms with E-state index >= 15 is 0 Å². The van der Waals surface area contributed by atoms with Crippen molar-refractivity contribution in [2.24, 2.45) is 11.8 Å². The molecule has 0 N–H and O–H groups in total. The van der Waals surface area contributed by atoms with E-state index in [1.807, 2.05) is 12.1 Å². The molecule has 2 unspecified atom stereocenters. The van der Waals surface area contributed by atoms with Crippen LogP contribution in [0.4, 0.5) is 4.39 Å². The lowest BCUT2D eigenvalue weighted by atomic mass is 9.93. The van der Waals surface area contributed by atoms with E-state index in [0.29, 0.717) is 5.92 Å². The molecule has 1 aromatic rings. The molecule has 0 radical (unpaired) electrons. The van der Waals surface area contributed by atoms with E-state index < -0.39 is 0 Å². The summed E-state index contributed by atoms with van der Waals surface area (Å²) in [5.41, 5.74) is 1.45. The Morgan fingerprint density at radius 2 is 2.25 bits per heavy atom. The third-order valence-corrected chi connectivity index (χ3v) is 4.76. The van der Waals surface area contributed by atoms with Gasteiger partial charge in [-0.15, -0.1) is 0 Å². The fraction of sp³-hybridized carbons (Fsp3) is 0.538. The van der Waals surface area contributed by atoms with Gasteiger partial charge in [0.25, 0.3) is 0 Å². The monoisotopic (exact) mass is 239 g/mol. The fourth-order valence-corrected chi connectivity index (χ4v) is 3.69. The Hall–Kier alpha value is -0.600. The molecule has 16 heavy (non-hydrogen) atoms. The number of fused-ring (bicyclic) bond motifs is 1. The Bertz CT molecular complexity index is 448. The zero-order chi connectivity index (χ0) is 11.5. The number of nitrogens with zero attached hydrogens (tertiary/aromatic N) is 1. The van der Waals surface area contributed by atoms with E-state index in [-0.39, 0.29) is 16.3 Å². The van der Waals surface area contributed by atoms with Crippen molar-refractivity contribution < 1.29 is 4.39 Å². The first-order valence-electron chi connectivity index (χ1n) is 5.70. The highest BCUT2D eigenvalue weighted by Crippen LogP contribution is 2.63. The van der Waals surface area contributed by atoms with Crippen LogP contribution in [0.25, 0.3) is 0 Å². The molecule has 0 aromatic heterocycles. The van der Waals surface area contributed by atoms with Crippen LogP contribution in [0.15, 0.2) is 18.2 Å². The lowest BCUT2D eigenvalue weighted by Gasteiger charge is -2.19. The minimum Gasteiger partial charge on any atom is -0.305 e. The second-order valence-corrected chi connectivity index (χ2v) is 5.67. The molecule has 1 saturated carbocycles. The molecule has 0 amide bonds. The topological polar surface area (TPSA) is 3.24 Å². The molecule has 2 aliphatic rings. The average Bonchev–Trinajstić information content (AvgIpc) is 2.65. The van der Waals surface area contributed by atoms with Gasteiger partial charge in [0.1, 0.15) is 5.82 Å². The van der Waals surface area contributed by atoms with Crippen LogP contribution >= 0.6 is 11.6 Å². The van der Waals surface area contributed by atoms with Crippen molar-refractivity contribution in [1.82, 2.24) is 4.90 Å². The van der Waals surface area contributed by atoms with Crippen LogP contribution < -0.4 is 0 Å². The predicted molar refractivity (Wildman–Crippen MR) is 63.2 cm³/mol. The van der Waals surface area contributed by atoms with Gasteiger partial charge in [-0.3, -0.25) is 0 Å². The highest BCUT2D eigenvalue weighted by atomic mass is 35.5. The summed E-state index contributed by atoms with van der Waals surface area (Å²) in [7, 11) is 2.14. The normalized spacial score (nSPS) is 37.5. The molecular formula is C13H15ClFN. The maximum Gasteiger partial charge on any atom is 0.141 e. The van der Waals surface area contributed by atoms with Gasteiger partial charge in [0.2, 0.25) is 0 Å². The predicted octanol–water partition coefficient (Wildman–Crippen LogP) is 2.93. The summed E-state index contributed by atoms with van der Waals surface area (Å²) in [6.07, 6.45) is 0. The van der Waals surface area contributed by atoms with Gasteiger partial charge in [-0.05, 0) is 36.6 Å². The zero-order valence-corrected chi connectivity index (χ0v) is 10.3. The number of piperidine rings is 1. The van der Waals surface area contributed by atoms with Crippen molar-refractivity contribution in [3.05, 3.63) is 34.6 Å². The Morgan fingerprint density at radius 1 is 1.50 bits per heavy atom. The van der Waals surface area contributed by atoms with Crippen LogP contribution in [0.2, 0.25) is 5.02 Å². The van der Waals surface area contributed by atoms with Crippen LogP contribution in [0.3, 0.4) is 0 Å². The number of hydrogen-bond acceptors (Lipinski definition) is 1. The van der Waals surface area contributed by atoms with Gasteiger partial charge in [0.15, 0.2) is 0 Å². The van der Waals surface area contributed by atoms with Crippen molar-refractivity contribution in [3.63, 3.8) is 0 Å². The quantitative estimate of drug-likeness (QED) is 0.729. The zero-order valence-electron chi connectivity index (χ0n) is 9.50. The summed E-state index contributed by atoms with van der Waals surface area (Å²) in [5, 5.41) is 0.249. The second-order valence-electron chi connectivity index (χ2n) is 5.26. The summed E-state index contributed by atoms with van der Waals surface area (Å²) < 4.78 is 13.2. The molecule has 2 fully saturated rings. The summed E-state index contributed by atoms with van der Waals surface area (Å²) in [6.45, 7) is 4.51. The third-order valence-electron chi connectivity index (χ3n) is 4.47. The number of likely N-dealkylation sites (tertiary alicyclic amines) is 1. The third kappa shape index (κ3) is 1.20. The number of rotatable bonds is 1. The molecule has 1 aliphatic heterocycles. The van der Waals surface area contributed by atoms with Gasteiger partial charge >= 0.3 is 0 Å². The van der Waals surface area contributed by atoms with Crippen molar-refractivity contribution in [1.29, 1.82) is 0 Å². The van der Waals surface area contributed by atoms with Gasteiger partial charge in [-0.1, -0.05) is 24.6 Å². The number of hydrogen-bond donors (Lipinski definition) is 0. The van der Waals surface area contributed by atoms with Crippen LogP contribution in [0.5, 0.6) is 0 Å². The van der Waals surface area contributed by atoms with Gasteiger partial charge in [-0.2, -0.15) is 0 Å². The highest BCUT2D eigenvalue weighted by Gasteiger charge is 2.66. The minimum absolute atomic E-state index is 0.242. The van der Waals surface area contributed by atoms with Crippen LogP contribution in [0.1, 0.15) is 12.5 Å². The lowest BCUT2D eigenvalue weighted by Crippen LogP contribution is -2.25. The van der Waals surface area contributed by atoms with Crippen molar-refractivity contribution in [3.8, 4) is 0 Å². The summed E-state index contributed by atoms with van der Waals surface area (Å²) in [5.74, 6) is 1.10. The molecule has 86 valence electrons. The van der Waals surface area contributed by atoms with Crippen LogP contribution in [-0.4, -0.2) is 25.0 Å². The van der Waals surface area contributed by atoms with Crippen molar-refractivity contribution in [2.75, 3.05) is 20.1 Å². The molecular weight excluding hydrogens is 225 g/mol. The molecule has 1 nitrogen and oxygen atoms in total. The fourth-order valence-electron chi connectivity index (χ4n) is 3.51. The Balaban J connectivity index is 2.01. The van der Waals surface area contributed by atoms with E-state index in [1.54, 1.807) is 0 Å². The van der Waals surface area contributed by atoms with Crippen molar-refractivity contribution >= 4 is 11.6 Å². The molecule has 3 rings (SSSR count). The summed E-state index contributed by atoms with van der Waals surface area (Å²) in [4.78, 5) is 2.35. The Labute approximate surface area is 100 Å². The van der Waals surface area contributed by atoms with E-state index in [9.17, 15) is 4.39 Å². The summed E-state index contributed by atoms with van der Waals surface area (Å²) in [6, 6.07) is 5.20. The number of likely N-dealkylation sites (N-methyl/N-ethyl adjacent to an activating group) is 1. The molecule has 1 aromatic carbocycles. The molecule has 3 heteroatoms. The number of halogens is 2. The van der Waals surface area contributed by atoms with Crippen LogP contribution in [0, 0.1) is 17.7 Å². The molecule has 1 aliphatic carbocycles. The van der Waals surface area contributed by atoms with Gasteiger partial charge in [0.05, 0.1) is 5.02 Å². The standard InChI is InChI=1S/C13H15ClFN/c1-8-10-6-16(2)7-13(8,10)9-3-4-12(15)11(14)5-9/h3-5,8,10H,6-7H2,1-2H3/t8?,10-,13?/m1/s1. The maximum atomic E-state index is 13.2. The van der Waals surface area contributed by atoms with Gasteiger partial charge in [-0.25, -0.2) is 4.39 Å². The molecule has 3 atom stereocenters. The second kappa shape index (κ2) is 3.21. The Kier molecular flexibility index (Phi) is 2.11. The molecule has 1 saturated heterocycles. The highest BCUT2D eigenvalue weighted by molar-refractivity contribution is 6.30. The molecule has 0 spiro atoms. The largest absolute Gasteiger partial charge is 0.305 e. The minimum atomic E-state index is -0.321. The Morgan fingerprint density at radius 3 is 2.88 bits per heavy atom. The van der Waals surface area contributed by atoms with E-state index in [0.717, 1.165) is 19.0 Å². The first kappa shape index (κ1) is 10.5. The van der Waals surface area contributed by atoms with Gasteiger partial charge in [0, 0.05) is 18.5 Å². The summed E-state index contributed by atoms with van der Waals surface area (Å²) >= 11 is 5.87. The van der Waals surface area contributed by atoms with Gasteiger partial charge < -0.3 is 4.90 Å². The lowest BCUT2D eigenvalue weighted by molar-refractivity contribution is 0.338. The van der Waals surface area contributed by atoms with E-state index in [2.05, 4.69) is 18.9 Å². The van der Waals surface area contributed by atoms with E-state index in [4.69, 9.17) is 11.6 Å². The van der Waals surface area contributed by atoms with Crippen molar-refractivity contribution in [2.45, 2.75) is 12.3 Å². The first-order chi connectivity index (χ1) is 7.55. The maximum absolute atomic E-state index is 13.2. The molecule has 1 heterocycles. The average molecular weight is 240 g/mol. The first-order valence-corrected chi connectivity index (χ1v) is 6.07. The van der Waals surface area contributed by atoms with Crippen LogP contribution in [-0.2, 0) is 5.41 Å². The number of benzene rings is 1. The SMILES string of the molecule is CC1[C@H]2CN(C)CC12c1ccc(F)c(Cl)c1.